The van der Waals surface area contributed by atoms with Crippen LogP contribution >= 0.6 is 0 Å². The van der Waals surface area contributed by atoms with Gasteiger partial charge >= 0.3 is 0 Å². The predicted octanol–water partition coefficient (Wildman–Crippen LogP) is 2.00. The standard InChI is InChI=1S/C14H29N3O/c1-10(2)8-16-14(15)17-9-12-6-5-7-18-13(12)11(3)4/h10-13H,5-9H2,1-4H3,(H3,15,16,17). The molecule has 3 N–H and O–H groups in total. The lowest BCUT2D eigenvalue weighted by Crippen LogP contribution is -2.43. The number of nitrogens with two attached hydrogens (primary N) is 1. The van der Waals surface area contributed by atoms with Crippen LogP contribution in [0.3, 0.4) is 0 Å². The summed E-state index contributed by atoms with van der Waals surface area (Å²) in [6.07, 6.45) is 2.72. The summed E-state index contributed by atoms with van der Waals surface area (Å²) in [5.74, 6) is 2.22. The summed E-state index contributed by atoms with van der Waals surface area (Å²) in [4.78, 5) is 4.32. The smallest absolute Gasteiger partial charge is 0.188 e. The van der Waals surface area contributed by atoms with Gasteiger partial charge in [-0.1, -0.05) is 27.7 Å². The summed E-state index contributed by atoms with van der Waals surface area (Å²) in [5, 5.41) is 3.24. The van der Waals surface area contributed by atoms with Crippen LogP contribution in [-0.4, -0.2) is 31.8 Å². The molecule has 4 nitrogen and oxygen atoms in total. The number of ether oxygens (including phenoxy) is 1. The second-order valence-electron chi connectivity index (χ2n) is 5.98. The highest BCUT2D eigenvalue weighted by Crippen LogP contribution is 2.25. The van der Waals surface area contributed by atoms with E-state index in [2.05, 4.69) is 38.0 Å². The van der Waals surface area contributed by atoms with Gasteiger partial charge in [-0.05, 0) is 24.7 Å². The van der Waals surface area contributed by atoms with Crippen molar-refractivity contribution in [2.45, 2.75) is 46.6 Å². The third-order valence-electron chi connectivity index (χ3n) is 3.32. The zero-order chi connectivity index (χ0) is 13.5. The first kappa shape index (κ1) is 15.3. The maximum absolute atomic E-state index is 5.86. The zero-order valence-corrected chi connectivity index (χ0v) is 12.3. The fourth-order valence-corrected chi connectivity index (χ4v) is 2.39. The SMILES string of the molecule is CC(C)CN=C(N)NCC1CCCOC1C(C)C. The van der Waals surface area contributed by atoms with Crippen LogP contribution in [0.25, 0.3) is 0 Å². The quantitative estimate of drug-likeness (QED) is 0.583. The molecular formula is C14H29N3O. The molecular weight excluding hydrogens is 226 g/mol. The summed E-state index contributed by atoms with van der Waals surface area (Å²) in [6, 6.07) is 0. The highest BCUT2D eigenvalue weighted by Gasteiger charge is 2.28. The molecule has 1 fully saturated rings. The second kappa shape index (κ2) is 7.62. The number of guanidine groups is 1. The number of hydrogen-bond donors (Lipinski definition) is 2. The first-order valence-electron chi connectivity index (χ1n) is 7.16. The summed E-state index contributed by atoms with van der Waals surface area (Å²) in [5.41, 5.74) is 5.86. The molecule has 0 bridgehead atoms. The van der Waals surface area contributed by atoms with E-state index in [4.69, 9.17) is 10.5 Å². The van der Waals surface area contributed by atoms with Crippen LogP contribution < -0.4 is 11.1 Å². The molecule has 1 heterocycles. The minimum atomic E-state index is 0.351. The number of nitrogens with zero attached hydrogens (tertiary/aromatic N) is 1. The largest absolute Gasteiger partial charge is 0.378 e. The van der Waals surface area contributed by atoms with Crippen molar-refractivity contribution in [3.8, 4) is 0 Å². The Bertz CT molecular complexity index is 264. The summed E-state index contributed by atoms with van der Waals surface area (Å²) < 4.78 is 5.86. The van der Waals surface area contributed by atoms with Gasteiger partial charge < -0.3 is 15.8 Å². The molecule has 106 valence electrons. The van der Waals surface area contributed by atoms with E-state index in [-0.39, 0.29) is 0 Å². The topological polar surface area (TPSA) is 59.6 Å². The molecule has 1 aliphatic heterocycles. The van der Waals surface area contributed by atoms with Crippen LogP contribution in [0, 0.1) is 17.8 Å². The van der Waals surface area contributed by atoms with E-state index < -0.39 is 0 Å². The first-order valence-corrected chi connectivity index (χ1v) is 7.16. The van der Waals surface area contributed by atoms with E-state index >= 15 is 0 Å². The van der Waals surface area contributed by atoms with Gasteiger partial charge in [-0.25, -0.2) is 0 Å². The number of rotatable bonds is 5. The van der Waals surface area contributed by atoms with Crippen molar-refractivity contribution < 1.29 is 4.74 Å². The molecule has 2 atom stereocenters. The van der Waals surface area contributed by atoms with E-state index in [1.165, 1.54) is 6.42 Å². The van der Waals surface area contributed by atoms with Crippen molar-refractivity contribution in [2.75, 3.05) is 19.7 Å². The van der Waals surface area contributed by atoms with Gasteiger partial charge in [0.05, 0.1) is 6.10 Å². The Morgan fingerprint density at radius 1 is 1.39 bits per heavy atom. The average Bonchev–Trinajstić information content (AvgIpc) is 2.34. The van der Waals surface area contributed by atoms with Gasteiger partial charge in [0.25, 0.3) is 0 Å². The highest BCUT2D eigenvalue weighted by molar-refractivity contribution is 5.77. The van der Waals surface area contributed by atoms with Gasteiger partial charge in [-0.15, -0.1) is 0 Å². The number of hydrogen-bond acceptors (Lipinski definition) is 2. The molecule has 4 heteroatoms. The Balaban J connectivity index is 2.38. The molecule has 1 aliphatic rings. The van der Waals surface area contributed by atoms with Gasteiger partial charge in [-0.2, -0.15) is 0 Å². The Morgan fingerprint density at radius 2 is 2.11 bits per heavy atom. The van der Waals surface area contributed by atoms with E-state index in [1.54, 1.807) is 0 Å². The Kier molecular flexibility index (Phi) is 6.47. The van der Waals surface area contributed by atoms with Crippen molar-refractivity contribution in [3.63, 3.8) is 0 Å². The summed E-state index contributed by atoms with van der Waals surface area (Å²) in [6.45, 7) is 11.3. The predicted molar refractivity (Wildman–Crippen MR) is 76.6 cm³/mol. The minimum absolute atomic E-state index is 0.351. The van der Waals surface area contributed by atoms with Crippen LogP contribution in [0.15, 0.2) is 4.99 Å². The van der Waals surface area contributed by atoms with Crippen LogP contribution in [0.5, 0.6) is 0 Å². The zero-order valence-electron chi connectivity index (χ0n) is 12.3. The van der Waals surface area contributed by atoms with Gasteiger partial charge in [0.2, 0.25) is 0 Å². The van der Waals surface area contributed by atoms with Crippen LogP contribution in [-0.2, 0) is 4.74 Å². The Labute approximate surface area is 111 Å². The van der Waals surface area contributed by atoms with E-state index in [1.807, 2.05) is 0 Å². The third kappa shape index (κ3) is 5.25. The normalized spacial score (nSPS) is 25.8. The third-order valence-corrected chi connectivity index (χ3v) is 3.32. The fourth-order valence-electron chi connectivity index (χ4n) is 2.39. The Morgan fingerprint density at radius 3 is 2.72 bits per heavy atom. The second-order valence-corrected chi connectivity index (χ2v) is 5.98. The lowest BCUT2D eigenvalue weighted by Gasteiger charge is -2.34. The number of aliphatic imine (C=N–C) groups is 1. The molecule has 0 aromatic rings. The highest BCUT2D eigenvalue weighted by atomic mass is 16.5. The van der Waals surface area contributed by atoms with Gasteiger partial charge in [0, 0.05) is 25.6 Å². The van der Waals surface area contributed by atoms with Crippen molar-refractivity contribution in [3.05, 3.63) is 0 Å². The van der Waals surface area contributed by atoms with Gasteiger partial charge in [0.15, 0.2) is 5.96 Å². The lowest BCUT2D eigenvalue weighted by atomic mass is 9.87. The summed E-state index contributed by atoms with van der Waals surface area (Å²) in [7, 11) is 0. The molecule has 1 saturated heterocycles. The molecule has 0 spiro atoms. The van der Waals surface area contributed by atoms with Gasteiger partial charge in [0.1, 0.15) is 0 Å². The molecule has 0 aromatic heterocycles. The summed E-state index contributed by atoms with van der Waals surface area (Å²) >= 11 is 0. The van der Waals surface area contributed by atoms with Crippen LogP contribution in [0.4, 0.5) is 0 Å². The molecule has 0 amide bonds. The van der Waals surface area contributed by atoms with E-state index in [0.717, 1.165) is 26.1 Å². The van der Waals surface area contributed by atoms with E-state index in [9.17, 15) is 0 Å². The fraction of sp³-hybridized carbons (Fsp3) is 0.929. The molecule has 0 aliphatic carbocycles. The molecule has 18 heavy (non-hydrogen) atoms. The van der Waals surface area contributed by atoms with Crippen LogP contribution in [0.2, 0.25) is 0 Å². The van der Waals surface area contributed by atoms with Crippen molar-refractivity contribution in [2.24, 2.45) is 28.5 Å². The van der Waals surface area contributed by atoms with Crippen molar-refractivity contribution >= 4 is 5.96 Å². The van der Waals surface area contributed by atoms with Gasteiger partial charge in [-0.3, -0.25) is 4.99 Å². The monoisotopic (exact) mass is 255 g/mol. The van der Waals surface area contributed by atoms with Crippen molar-refractivity contribution in [1.82, 2.24) is 5.32 Å². The molecule has 1 rings (SSSR count). The maximum Gasteiger partial charge on any atom is 0.188 e. The van der Waals surface area contributed by atoms with Crippen molar-refractivity contribution in [1.29, 1.82) is 0 Å². The Hall–Kier alpha value is -0.770. The maximum atomic E-state index is 5.86. The minimum Gasteiger partial charge on any atom is -0.378 e. The molecule has 0 aromatic carbocycles. The average molecular weight is 255 g/mol. The lowest BCUT2D eigenvalue weighted by molar-refractivity contribution is -0.0504. The number of nitrogens with one attached hydrogen (secondary N) is 1. The van der Waals surface area contributed by atoms with Crippen LogP contribution in [0.1, 0.15) is 40.5 Å². The first-order chi connectivity index (χ1) is 8.50. The molecule has 0 saturated carbocycles. The van der Waals surface area contributed by atoms with E-state index in [0.29, 0.717) is 29.8 Å². The molecule has 2 unspecified atom stereocenters. The molecule has 0 radical (unpaired) electrons.